The minimum atomic E-state index is -4.50. The third-order valence-corrected chi connectivity index (χ3v) is 2.87. The first-order valence-electron chi connectivity index (χ1n) is 6.42. The molecule has 0 spiro atoms. The van der Waals surface area contributed by atoms with Gasteiger partial charge in [0.15, 0.2) is 0 Å². The number of amides is 1. The Bertz CT molecular complexity index is 695. The molecule has 2 N–H and O–H groups in total. The highest BCUT2D eigenvalue weighted by Gasteiger charge is 2.30. The average molecular weight is 330 g/mol. The molecule has 0 aliphatic carbocycles. The van der Waals surface area contributed by atoms with Crippen molar-refractivity contribution in [1.82, 2.24) is 0 Å². The smallest absolute Gasteiger partial charge is 0.376 e. The summed E-state index contributed by atoms with van der Waals surface area (Å²) in [6.45, 7) is -0.449. The molecule has 2 aromatic carbocycles. The van der Waals surface area contributed by atoms with Crippen LogP contribution in [0.3, 0.4) is 0 Å². The van der Waals surface area contributed by atoms with Gasteiger partial charge in [0.2, 0.25) is 5.91 Å². The fraction of sp³-hybridized carbons (Fsp3) is 0.133. The molecule has 23 heavy (non-hydrogen) atoms. The standard InChI is InChI=1S/C15H11F5N2O/c16-11-5-2-6-12(17)14(11)22-13(23)8-21-10-4-1-3-9(7-10)15(18,19)20/h1-7,21H,8H2,(H,22,23). The first kappa shape index (κ1) is 16.7. The van der Waals surface area contributed by atoms with Crippen LogP contribution in [0.25, 0.3) is 0 Å². The molecular weight excluding hydrogens is 319 g/mol. The van der Waals surface area contributed by atoms with Gasteiger partial charge < -0.3 is 10.6 Å². The molecule has 0 saturated carbocycles. The van der Waals surface area contributed by atoms with Crippen LogP contribution in [0.2, 0.25) is 0 Å². The van der Waals surface area contributed by atoms with Gasteiger partial charge >= 0.3 is 6.18 Å². The second-order valence-electron chi connectivity index (χ2n) is 4.58. The molecule has 0 bridgehead atoms. The predicted octanol–water partition coefficient (Wildman–Crippen LogP) is 4.03. The highest BCUT2D eigenvalue weighted by molar-refractivity contribution is 5.94. The number of carbonyl (C=O) groups excluding carboxylic acids is 1. The maximum Gasteiger partial charge on any atom is 0.416 e. The molecule has 2 aromatic rings. The van der Waals surface area contributed by atoms with Crippen LogP contribution in [0, 0.1) is 11.6 Å². The van der Waals surface area contributed by atoms with Gasteiger partial charge in [-0.3, -0.25) is 4.79 Å². The van der Waals surface area contributed by atoms with E-state index in [1.165, 1.54) is 12.1 Å². The average Bonchev–Trinajstić information content (AvgIpc) is 2.48. The van der Waals surface area contributed by atoms with Gasteiger partial charge in [-0.05, 0) is 30.3 Å². The van der Waals surface area contributed by atoms with Crippen LogP contribution in [0.4, 0.5) is 33.3 Å². The van der Waals surface area contributed by atoms with Gasteiger partial charge in [-0.1, -0.05) is 12.1 Å². The third kappa shape index (κ3) is 4.41. The Morgan fingerprint density at radius 2 is 1.61 bits per heavy atom. The molecule has 122 valence electrons. The molecule has 0 atom stereocenters. The van der Waals surface area contributed by atoms with Crippen LogP contribution < -0.4 is 10.6 Å². The van der Waals surface area contributed by atoms with E-state index < -0.39 is 41.5 Å². The number of nitrogens with one attached hydrogen (secondary N) is 2. The van der Waals surface area contributed by atoms with E-state index in [9.17, 15) is 26.7 Å². The highest BCUT2D eigenvalue weighted by atomic mass is 19.4. The molecule has 0 fully saturated rings. The number of alkyl halides is 3. The zero-order valence-electron chi connectivity index (χ0n) is 11.5. The van der Waals surface area contributed by atoms with E-state index in [0.717, 1.165) is 30.3 Å². The highest BCUT2D eigenvalue weighted by Crippen LogP contribution is 2.30. The number of carbonyl (C=O) groups is 1. The normalized spacial score (nSPS) is 11.2. The Hall–Kier alpha value is -2.64. The summed E-state index contributed by atoms with van der Waals surface area (Å²) in [7, 11) is 0. The van der Waals surface area contributed by atoms with Crippen molar-refractivity contribution in [2.75, 3.05) is 17.2 Å². The van der Waals surface area contributed by atoms with Crippen molar-refractivity contribution in [2.24, 2.45) is 0 Å². The van der Waals surface area contributed by atoms with E-state index in [1.807, 2.05) is 5.32 Å². The predicted molar refractivity (Wildman–Crippen MR) is 74.9 cm³/mol. The fourth-order valence-corrected chi connectivity index (χ4v) is 1.79. The topological polar surface area (TPSA) is 41.1 Å². The maximum atomic E-state index is 13.4. The Labute approximate surface area is 128 Å². The molecule has 0 saturated heterocycles. The van der Waals surface area contributed by atoms with E-state index in [-0.39, 0.29) is 5.69 Å². The zero-order valence-corrected chi connectivity index (χ0v) is 11.5. The lowest BCUT2D eigenvalue weighted by atomic mass is 10.2. The van der Waals surface area contributed by atoms with Crippen molar-refractivity contribution in [3.63, 3.8) is 0 Å². The monoisotopic (exact) mass is 330 g/mol. The molecule has 3 nitrogen and oxygen atoms in total. The first-order chi connectivity index (χ1) is 10.8. The number of anilines is 2. The van der Waals surface area contributed by atoms with E-state index in [4.69, 9.17) is 0 Å². The Morgan fingerprint density at radius 3 is 2.22 bits per heavy atom. The van der Waals surface area contributed by atoms with Gasteiger partial charge in [0.05, 0.1) is 12.1 Å². The molecule has 8 heteroatoms. The second-order valence-corrected chi connectivity index (χ2v) is 4.58. The summed E-state index contributed by atoms with van der Waals surface area (Å²) in [5, 5.41) is 4.48. The minimum absolute atomic E-state index is 0.0592. The van der Waals surface area contributed by atoms with Crippen molar-refractivity contribution in [1.29, 1.82) is 0 Å². The lowest BCUT2D eigenvalue weighted by Crippen LogP contribution is -2.23. The summed E-state index contributed by atoms with van der Waals surface area (Å²) in [6.07, 6.45) is -4.50. The van der Waals surface area contributed by atoms with Gasteiger partial charge in [0.1, 0.15) is 17.3 Å². The zero-order chi connectivity index (χ0) is 17.0. The van der Waals surface area contributed by atoms with Gasteiger partial charge in [-0.15, -0.1) is 0 Å². The Morgan fingerprint density at radius 1 is 1.00 bits per heavy atom. The van der Waals surface area contributed by atoms with Crippen LogP contribution in [0.1, 0.15) is 5.56 Å². The third-order valence-electron chi connectivity index (χ3n) is 2.87. The number of benzene rings is 2. The van der Waals surface area contributed by atoms with Crippen LogP contribution >= 0.6 is 0 Å². The maximum absolute atomic E-state index is 13.4. The van der Waals surface area contributed by atoms with E-state index in [0.29, 0.717) is 0 Å². The van der Waals surface area contributed by atoms with Gasteiger partial charge in [-0.25, -0.2) is 8.78 Å². The van der Waals surface area contributed by atoms with E-state index in [2.05, 4.69) is 5.32 Å². The molecule has 0 heterocycles. The molecule has 0 unspecified atom stereocenters. The summed E-state index contributed by atoms with van der Waals surface area (Å²) in [5.41, 5.74) is -1.42. The number of para-hydroxylation sites is 1. The number of hydrogen-bond acceptors (Lipinski definition) is 2. The van der Waals surface area contributed by atoms with E-state index >= 15 is 0 Å². The summed E-state index contributed by atoms with van der Waals surface area (Å²) in [6, 6.07) is 7.32. The lowest BCUT2D eigenvalue weighted by molar-refractivity contribution is -0.137. The molecule has 0 aliphatic rings. The van der Waals surface area contributed by atoms with Crippen molar-refractivity contribution in [3.05, 3.63) is 59.7 Å². The van der Waals surface area contributed by atoms with Crippen molar-refractivity contribution in [3.8, 4) is 0 Å². The van der Waals surface area contributed by atoms with Crippen LogP contribution in [-0.4, -0.2) is 12.5 Å². The second kappa shape index (κ2) is 6.64. The van der Waals surface area contributed by atoms with Crippen LogP contribution in [0.5, 0.6) is 0 Å². The van der Waals surface area contributed by atoms with Gasteiger partial charge in [0, 0.05) is 5.69 Å². The van der Waals surface area contributed by atoms with Crippen molar-refractivity contribution >= 4 is 17.3 Å². The van der Waals surface area contributed by atoms with Crippen LogP contribution in [-0.2, 0) is 11.0 Å². The van der Waals surface area contributed by atoms with Gasteiger partial charge in [0.25, 0.3) is 0 Å². The molecule has 1 amide bonds. The quantitative estimate of drug-likeness (QED) is 0.831. The summed E-state index contributed by atoms with van der Waals surface area (Å²) < 4.78 is 64.4. The largest absolute Gasteiger partial charge is 0.416 e. The molecule has 0 radical (unpaired) electrons. The molecule has 0 aromatic heterocycles. The number of halogens is 5. The fourth-order valence-electron chi connectivity index (χ4n) is 1.79. The Balaban J connectivity index is 2.00. The summed E-state index contributed by atoms with van der Waals surface area (Å²) in [4.78, 5) is 11.6. The van der Waals surface area contributed by atoms with Gasteiger partial charge in [-0.2, -0.15) is 13.2 Å². The lowest BCUT2D eigenvalue weighted by Gasteiger charge is -2.11. The number of hydrogen-bond donors (Lipinski definition) is 2. The molecule has 2 rings (SSSR count). The van der Waals surface area contributed by atoms with Crippen molar-refractivity contribution in [2.45, 2.75) is 6.18 Å². The first-order valence-corrected chi connectivity index (χ1v) is 6.42. The minimum Gasteiger partial charge on any atom is -0.376 e. The number of rotatable bonds is 4. The van der Waals surface area contributed by atoms with E-state index in [1.54, 1.807) is 0 Å². The molecule has 0 aliphatic heterocycles. The summed E-state index contributed by atoms with van der Waals surface area (Å²) in [5.74, 6) is -2.69. The van der Waals surface area contributed by atoms with Crippen molar-refractivity contribution < 1.29 is 26.7 Å². The molecular formula is C15H11F5N2O. The van der Waals surface area contributed by atoms with Crippen LogP contribution in [0.15, 0.2) is 42.5 Å². The Kier molecular flexibility index (Phi) is 4.83. The SMILES string of the molecule is O=C(CNc1cccc(C(F)(F)F)c1)Nc1c(F)cccc1F. The summed E-state index contributed by atoms with van der Waals surface area (Å²) >= 11 is 0.